The summed E-state index contributed by atoms with van der Waals surface area (Å²) < 4.78 is 0. The SMILES string of the molecule is CN(C(=O)O)c1c(C(C)(C)C)cccc1C(C)(C)C. The lowest BCUT2D eigenvalue weighted by Gasteiger charge is -2.32. The summed E-state index contributed by atoms with van der Waals surface area (Å²) in [5, 5.41) is 9.34. The number of para-hydroxylation sites is 1. The lowest BCUT2D eigenvalue weighted by atomic mass is 9.78. The first-order chi connectivity index (χ1) is 8.46. The highest BCUT2D eigenvalue weighted by atomic mass is 16.4. The van der Waals surface area contributed by atoms with Crippen LogP contribution in [0.3, 0.4) is 0 Å². The summed E-state index contributed by atoms with van der Waals surface area (Å²) in [6.45, 7) is 12.6. The second kappa shape index (κ2) is 4.87. The van der Waals surface area contributed by atoms with E-state index in [1.54, 1.807) is 7.05 Å². The Morgan fingerprint density at radius 2 is 1.37 bits per heavy atom. The third-order valence-corrected chi connectivity index (χ3v) is 3.27. The van der Waals surface area contributed by atoms with E-state index in [0.717, 1.165) is 16.8 Å². The van der Waals surface area contributed by atoms with Crippen molar-refractivity contribution in [3.8, 4) is 0 Å². The van der Waals surface area contributed by atoms with E-state index in [1.807, 2.05) is 18.2 Å². The van der Waals surface area contributed by atoms with Crippen LogP contribution in [0.2, 0.25) is 0 Å². The maximum absolute atomic E-state index is 11.4. The van der Waals surface area contributed by atoms with Crippen LogP contribution in [0.25, 0.3) is 0 Å². The molecule has 3 nitrogen and oxygen atoms in total. The molecular weight excluding hydrogens is 238 g/mol. The van der Waals surface area contributed by atoms with E-state index >= 15 is 0 Å². The topological polar surface area (TPSA) is 40.5 Å². The van der Waals surface area contributed by atoms with Gasteiger partial charge in [-0.25, -0.2) is 4.79 Å². The van der Waals surface area contributed by atoms with Crippen LogP contribution in [0.4, 0.5) is 10.5 Å². The molecule has 19 heavy (non-hydrogen) atoms. The van der Waals surface area contributed by atoms with Crippen LogP contribution in [0, 0.1) is 0 Å². The second-order valence-electron chi connectivity index (χ2n) is 7.04. The number of anilines is 1. The number of amides is 1. The van der Waals surface area contributed by atoms with Gasteiger partial charge in [-0.3, -0.25) is 4.90 Å². The highest BCUT2D eigenvalue weighted by Gasteiger charge is 2.28. The van der Waals surface area contributed by atoms with Crippen molar-refractivity contribution < 1.29 is 9.90 Å². The number of carbonyl (C=O) groups is 1. The predicted octanol–water partition coefficient (Wildman–Crippen LogP) is 4.40. The van der Waals surface area contributed by atoms with Crippen molar-refractivity contribution in [2.24, 2.45) is 0 Å². The van der Waals surface area contributed by atoms with Crippen molar-refractivity contribution >= 4 is 11.8 Å². The Balaban J connectivity index is 3.64. The highest BCUT2D eigenvalue weighted by Crippen LogP contribution is 2.39. The van der Waals surface area contributed by atoms with E-state index in [9.17, 15) is 9.90 Å². The fourth-order valence-corrected chi connectivity index (χ4v) is 2.21. The fraction of sp³-hybridized carbons (Fsp3) is 0.562. The maximum Gasteiger partial charge on any atom is 0.411 e. The van der Waals surface area contributed by atoms with Gasteiger partial charge in [0.25, 0.3) is 0 Å². The van der Waals surface area contributed by atoms with Gasteiger partial charge in [0.05, 0.1) is 5.69 Å². The predicted molar refractivity (Wildman–Crippen MR) is 80.3 cm³/mol. The smallest absolute Gasteiger partial charge is 0.411 e. The standard InChI is InChI=1S/C16H25NO2/c1-15(2,3)11-9-8-10-12(16(4,5)6)13(11)17(7)14(18)19/h8-10H,1-7H3,(H,18,19). The van der Waals surface area contributed by atoms with E-state index in [1.165, 1.54) is 4.90 Å². The molecule has 0 aliphatic rings. The number of benzene rings is 1. The van der Waals surface area contributed by atoms with Gasteiger partial charge in [-0.05, 0) is 22.0 Å². The number of hydrogen-bond donors (Lipinski definition) is 1. The van der Waals surface area contributed by atoms with E-state index in [0.29, 0.717) is 0 Å². The van der Waals surface area contributed by atoms with Gasteiger partial charge in [0, 0.05) is 7.05 Å². The van der Waals surface area contributed by atoms with E-state index in [4.69, 9.17) is 0 Å². The highest BCUT2D eigenvalue weighted by molar-refractivity contribution is 5.88. The summed E-state index contributed by atoms with van der Waals surface area (Å²) in [4.78, 5) is 12.7. The van der Waals surface area contributed by atoms with Gasteiger partial charge < -0.3 is 5.11 Å². The van der Waals surface area contributed by atoms with Crippen molar-refractivity contribution in [2.45, 2.75) is 52.4 Å². The molecule has 0 aromatic heterocycles. The Bertz CT molecular complexity index is 446. The van der Waals surface area contributed by atoms with Crippen LogP contribution in [0.15, 0.2) is 18.2 Å². The van der Waals surface area contributed by atoms with Crippen LogP contribution < -0.4 is 4.90 Å². The van der Waals surface area contributed by atoms with Gasteiger partial charge in [0.2, 0.25) is 0 Å². The zero-order valence-corrected chi connectivity index (χ0v) is 13.0. The molecule has 0 radical (unpaired) electrons. The summed E-state index contributed by atoms with van der Waals surface area (Å²) in [6.07, 6.45) is -0.929. The summed E-state index contributed by atoms with van der Waals surface area (Å²) >= 11 is 0. The maximum atomic E-state index is 11.4. The number of carboxylic acid groups (broad SMARTS) is 1. The Labute approximate surface area is 116 Å². The lowest BCUT2D eigenvalue weighted by Crippen LogP contribution is -2.31. The molecule has 0 heterocycles. The van der Waals surface area contributed by atoms with Gasteiger partial charge in [-0.1, -0.05) is 59.7 Å². The minimum Gasteiger partial charge on any atom is -0.465 e. The number of hydrogen-bond acceptors (Lipinski definition) is 1. The van der Waals surface area contributed by atoms with Crippen LogP contribution in [0.1, 0.15) is 52.7 Å². The Kier molecular flexibility index (Phi) is 3.99. The van der Waals surface area contributed by atoms with Crippen molar-refractivity contribution in [1.29, 1.82) is 0 Å². The van der Waals surface area contributed by atoms with E-state index in [-0.39, 0.29) is 10.8 Å². The molecule has 1 aromatic carbocycles. The van der Waals surface area contributed by atoms with Crippen LogP contribution >= 0.6 is 0 Å². The van der Waals surface area contributed by atoms with Crippen LogP contribution in [-0.4, -0.2) is 18.2 Å². The third kappa shape index (κ3) is 3.28. The molecule has 1 amide bonds. The molecule has 0 atom stereocenters. The van der Waals surface area contributed by atoms with Crippen LogP contribution in [-0.2, 0) is 10.8 Å². The van der Waals surface area contributed by atoms with Gasteiger partial charge in [0.1, 0.15) is 0 Å². The summed E-state index contributed by atoms with van der Waals surface area (Å²) in [7, 11) is 1.61. The molecule has 0 unspecified atom stereocenters. The molecule has 0 fully saturated rings. The second-order valence-corrected chi connectivity index (χ2v) is 7.04. The monoisotopic (exact) mass is 263 g/mol. The molecule has 3 heteroatoms. The van der Waals surface area contributed by atoms with Crippen LogP contribution in [0.5, 0.6) is 0 Å². The van der Waals surface area contributed by atoms with E-state index < -0.39 is 6.09 Å². The van der Waals surface area contributed by atoms with Gasteiger partial charge >= 0.3 is 6.09 Å². The summed E-state index contributed by atoms with van der Waals surface area (Å²) in [5.41, 5.74) is 2.74. The molecule has 1 N–H and O–H groups in total. The fourth-order valence-electron chi connectivity index (χ4n) is 2.21. The molecule has 106 valence electrons. The number of nitrogens with zero attached hydrogens (tertiary/aromatic N) is 1. The van der Waals surface area contributed by atoms with Crippen molar-refractivity contribution in [3.63, 3.8) is 0 Å². The molecule has 0 spiro atoms. The average molecular weight is 263 g/mol. The third-order valence-electron chi connectivity index (χ3n) is 3.27. The largest absolute Gasteiger partial charge is 0.465 e. The van der Waals surface area contributed by atoms with E-state index in [2.05, 4.69) is 41.5 Å². The molecule has 1 rings (SSSR count). The first kappa shape index (κ1) is 15.5. The minimum atomic E-state index is -0.929. The van der Waals surface area contributed by atoms with Gasteiger partial charge in [-0.15, -0.1) is 0 Å². The zero-order valence-electron chi connectivity index (χ0n) is 13.0. The molecule has 0 bridgehead atoms. The Morgan fingerprint density at radius 1 is 1.00 bits per heavy atom. The molecule has 0 aliphatic heterocycles. The zero-order chi connectivity index (χ0) is 15.0. The van der Waals surface area contributed by atoms with Gasteiger partial charge in [-0.2, -0.15) is 0 Å². The Hall–Kier alpha value is -1.51. The first-order valence-corrected chi connectivity index (χ1v) is 6.57. The molecule has 1 aromatic rings. The lowest BCUT2D eigenvalue weighted by molar-refractivity contribution is 0.203. The minimum absolute atomic E-state index is 0.0969. The molecule has 0 saturated heterocycles. The normalized spacial score (nSPS) is 12.4. The van der Waals surface area contributed by atoms with Gasteiger partial charge in [0.15, 0.2) is 0 Å². The first-order valence-electron chi connectivity index (χ1n) is 6.57. The average Bonchev–Trinajstić information content (AvgIpc) is 2.24. The Morgan fingerprint density at radius 3 is 1.63 bits per heavy atom. The summed E-state index contributed by atoms with van der Waals surface area (Å²) in [6, 6.07) is 6.05. The van der Waals surface area contributed by atoms with Crippen molar-refractivity contribution in [2.75, 3.05) is 11.9 Å². The molecular formula is C16H25NO2. The quantitative estimate of drug-likeness (QED) is 0.816. The van der Waals surface area contributed by atoms with Crippen molar-refractivity contribution in [3.05, 3.63) is 29.3 Å². The molecule has 0 saturated carbocycles. The molecule has 0 aliphatic carbocycles. The van der Waals surface area contributed by atoms with Crippen molar-refractivity contribution in [1.82, 2.24) is 0 Å². The summed E-state index contributed by atoms with van der Waals surface area (Å²) in [5.74, 6) is 0. The number of rotatable bonds is 1.